The molecule has 0 atom stereocenters. The Kier molecular flexibility index (Phi) is 7.29. The van der Waals surface area contributed by atoms with Crippen LogP contribution in [0.5, 0.6) is 11.5 Å². The lowest BCUT2D eigenvalue weighted by molar-refractivity contribution is 0.198. The third-order valence-corrected chi connectivity index (χ3v) is 5.10. The summed E-state index contributed by atoms with van der Waals surface area (Å²) in [5.41, 5.74) is 2.76. The van der Waals surface area contributed by atoms with Gasteiger partial charge >= 0.3 is 7.82 Å². The molecule has 0 bridgehead atoms. The van der Waals surface area contributed by atoms with Gasteiger partial charge in [0.15, 0.2) is 0 Å². The lowest BCUT2D eigenvalue weighted by Gasteiger charge is -2.27. The summed E-state index contributed by atoms with van der Waals surface area (Å²) in [4.78, 5) is 17.8. The molecule has 0 saturated heterocycles. The van der Waals surface area contributed by atoms with E-state index in [4.69, 9.17) is 19.3 Å². The van der Waals surface area contributed by atoms with E-state index in [0.717, 1.165) is 22.4 Å². The van der Waals surface area contributed by atoms with Crippen molar-refractivity contribution in [3.8, 4) is 11.5 Å². The number of methoxy groups -OCH3 is 1. The van der Waals surface area contributed by atoms with Gasteiger partial charge in [0, 0.05) is 11.8 Å². The summed E-state index contributed by atoms with van der Waals surface area (Å²) in [5, 5.41) is 0. The molecule has 0 saturated carbocycles. The Labute approximate surface area is 166 Å². The molecule has 0 fully saturated rings. The van der Waals surface area contributed by atoms with Crippen LogP contribution < -0.4 is 9.47 Å². The normalized spacial score (nSPS) is 12.3. The number of hydrogen-bond donors (Lipinski definition) is 2. The fraction of sp³-hybridized carbons (Fsp3) is 0.429. The Morgan fingerprint density at radius 1 is 1.04 bits per heavy atom. The molecule has 0 unspecified atom stereocenters. The van der Waals surface area contributed by atoms with E-state index in [1.807, 2.05) is 44.2 Å². The molecule has 0 aliphatic carbocycles. The minimum absolute atomic E-state index is 0.0915. The summed E-state index contributed by atoms with van der Waals surface area (Å²) in [6.07, 6.45) is 0.456. The van der Waals surface area contributed by atoms with Crippen molar-refractivity contribution in [2.75, 3.05) is 13.7 Å². The number of phosphoric acid groups is 1. The van der Waals surface area contributed by atoms with Gasteiger partial charge in [-0.15, -0.1) is 0 Å². The lowest BCUT2D eigenvalue weighted by Crippen LogP contribution is -2.19. The molecule has 28 heavy (non-hydrogen) atoms. The Balaban J connectivity index is 2.26. The molecule has 7 heteroatoms. The highest BCUT2D eigenvalue weighted by Gasteiger charge is 2.24. The van der Waals surface area contributed by atoms with Crippen LogP contribution in [0.25, 0.3) is 0 Å². The van der Waals surface area contributed by atoms with Gasteiger partial charge in [-0.3, -0.25) is 4.52 Å². The van der Waals surface area contributed by atoms with Crippen molar-refractivity contribution >= 4 is 7.82 Å². The van der Waals surface area contributed by atoms with Gasteiger partial charge < -0.3 is 19.3 Å². The molecule has 0 heterocycles. The Morgan fingerprint density at radius 3 is 2.18 bits per heavy atom. The van der Waals surface area contributed by atoms with E-state index in [9.17, 15) is 4.57 Å². The van der Waals surface area contributed by atoms with Crippen LogP contribution in [0.3, 0.4) is 0 Å². The smallest absolute Gasteiger partial charge is 0.469 e. The summed E-state index contributed by atoms with van der Waals surface area (Å²) < 4.78 is 26.6. The standard InChI is InChI=1S/C21H29O6P/c1-15(2)27-19-9-6-17(7-10-19)21(3,4)18-8-11-20(25-5)16(14-18)12-13-26-28(22,23)24/h6-11,14-15H,12-13H2,1-5H3,(H2,22,23,24). The highest BCUT2D eigenvalue weighted by atomic mass is 31.2. The zero-order valence-corrected chi connectivity index (χ0v) is 17.9. The number of benzene rings is 2. The zero-order chi connectivity index (χ0) is 20.9. The third kappa shape index (κ3) is 6.08. The van der Waals surface area contributed by atoms with Gasteiger partial charge in [0.25, 0.3) is 0 Å². The van der Waals surface area contributed by atoms with Crippen molar-refractivity contribution in [3.63, 3.8) is 0 Å². The van der Waals surface area contributed by atoms with Crippen LogP contribution in [-0.4, -0.2) is 29.6 Å². The fourth-order valence-corrected chi connectivity index (χ4v) is 3.36. The van der Waals surface area contributed by atoms with Crippen LogP contribution in [0.1, 0.15) is 44.4 Å². The fourth-order valence-electron chi connectivity index (χ4n) is 3.03. The largest absolute Gasteiger partial charge is 0.496 e. The predicted molar refractivity (Wildman–Crippen MR) is 109 cm³/mol. The maximum absolute atomic E-state index is 10.9. The predicted octanol–water partition coefficient (Wildman–Crippen LogP) is 4.46. The topological polar surface area (TPSA) is 85.2 Å². The molecule has 0 aliphatic heterocycles. The lowest BCUT2D eigenvalue weighted by atomic mass is 9.77. The Morgan fingerprint density at radius 2 is 1.64 bits per heavy atom. The summed E-state index contributed by atoms with van der Waals surface area (Å²) in [6, 6.07) is 13.9. The molecule has 0 aliphatic rings. The first-order valence-electron chi connectivity index (χ1n) is 9.17. The summed E-state index contributed by atoms with van der Waals surface area (Å²) in [5.74, 6) is 1.49. The molecule has 0 aromatic heterocycles. The molecule has 0 spiro atoms. The second-order valence-electron chi connectivity index (χ2n) is 7.42. The van der Waals surface area contributed by atoms with Gasteiger partial charge in [0.05, 0.1) is 19.8 Å². The van der Waals surface area contributed by atoms with Crippen molar-refractivity contribution in [2.45, 2.75) is 45.6 Å². The minimum Gasteiger partial charge on any atom is -0.496 e. The summed E-state index contributed by atoms with van der Waals surface area (Å²) >= 11 is 0. The zero-order valence-electron chi connectivity index (χ0n) is 17.0. The second kappa shape index (κ2) is 9.10. The van der Waals surface area contributed by atoms with Gasteiger partial charge in [-0.2, -0.15) is 0 Å². The van der Waals surface area contributed by atoms with E-state index in [-0.39, 0.29) is 18.1 Å². The average molecular weight is 408 g/mol. The molecule has 0 radical (unpaired) electrons. The summed E-state index contributed by atoms with van der Waals surface area (Å²) in [6.45, 7) is 8.15. The van der Waals surface area contributed by atoms with Gasteiger partial charge in [-0.25, -0.2) is 4.57 Å². The minimum atomic E-state index is -4.49. The molecular formula is C21H29O6P. The second-order valence-corrected chi connectivity index (χ2v) is 8.66. The highest BCUT2D eigenvalue weighted by molar-refractivity contribution is 7.46. The van der Waals surface area contributed by atoms with E-state index >= 15 is 0 Å². The van der Waals surface area contributed by atoms with Crippen LogP contribution in [-0.2, 0) is 20.9 Å². The highest BCUT2D eigenvalue weighted by Crippen LogP contribution is 2.37. The van der Waals surface area contributed by atoms with E-state index in [2.05, 4.69) is 30.5 Å². The monoisotopic (exact) mass is 408 g/mol. The molecule has 2 rings (SSSR count). The number of hydrogen-bond acceptors (Lipinski definition) is 4. The van der Waals surface area contributed by atoms with Crippen LogP contribution in [0.2, 0.25) is 0 Å². The summed E-state index contributed by atoms with van der Waals surface area (Å²) in [7, 11) is -2.92. The van der Waals surface area contributed by atoms with Crippen LogP contribution in [0, 0.1) is 0 Å². The maximum Gasteiger partial charge on any atom is 0.469 e. The molecule has 6 nitrogen and oxygen atoms in total. The first kappa shape index (κ1) is 22.4. The molecule has 2 aromatic carbocycles. The number of rotatable bonds is 9. The van der Waals surface area contributed by atoms with Gasteiger partial charge in [-0.1, -0.05) is 38.1 Å². The number of ether oxygens (including phenoxy) is 2. The van der Waals surface area contributed by atoms with Crippen molar-refractivity contribution in [2.24, 2.45) is 0 Å². The van der Waals surface area contributed by atoms with Gasteiger partial charge in [0.1, 0.15) is 11.5 Å². The molecule has 0 amide bonds. The van der Waals surface area contributed by atoms with Crippen LogP contribution >= 0.6 is 7.82 Å². The number of phosphoric ester groups is 1. The Bertz CT molecular complexity index is 823. The van der Waals surface area contributed by atoms with Crippen LogP contribution in [0.15, 0.2) is 42.5 Å². The third-order valence-electron chi connectivity index (χ3n) is 4.58. The van der Waals surface area contributed by atoms with Crippen molar-refractivity contribution in [1.82, 2.24) is 0 Å². The Hall–Kier alpha value is -1.85. The SMILES string of the molecule is COc1ccc(C(C)(C)c2ccc(OC(C)C)cc2)cc1CCOP(=O)(O)O. The molecule has 2 N–H and O–H groups in total. The van der Waals surface area contributed by atoms with E-state index in [1.54, 1.807) is 7.11 Å². The van der Waals surface area contributed by atoms with E-state index in [1.165, 1.54) is 0 Å². The van der Waals surface area contributed by atoms with Gasteiger partial charge in [-0.05, 0) is 48.7 Å². The molecule has 154 valence electrons. The first-order chi connectivity index (χ1) is 13.0. The quantitative estimate of drug-likeness (QED) is 0.596. The average Bonchev–Trinajstić information content (AvgIpc) is 2.60. The van der Waals surface area contributed by atoms with Crippen molar-refractivity contribution in [3.05, 3.63) is 59.2 Å². The van der Waals surface area contributed by atoms with Gasteiger partial charge in [0.2, 0.25) is 0 Å². The van der Waals surface area contributed by atoms with Crippen LogP contribution in [0.4, 0.5) is 0 Å². The van der Waals surface area contributed by atoms with E-state index < -0.39 is 7.82 Å². The van der Waals surface area contributed by atoms with Crippen molar-refractivity contribution in [1.29, 1.82) is 0 Å². The molecule has 2 aromatic rings. The maximum atomic E-state index is 10.9. The molecular weight excluding hydrogens is 379 g/mol. The van der Waals surface area contributed by atoms with Crippen molar-refractivity contribution < 1.29 is 28.3 Å². The van der Waals surface area contributed by atoms with E-state index in [0.29, 0.717) is 12.2 Å². The first-order valence-corrected chi connectivity index (χ1v) is 10.7.